The molecule has 0 spiro atoms. The van der Waals surface area contributed by atoms with Crippen LogP contribution < -0.4 is 5.32 Å². The molecule has 3 rings (SSSR count). The van der Waals surface area contributed by atoms with Crippen LogP contribution in [0, 0.1) is 5.92 Å². The Labute approximate surface area is 151 Å². The average Bonchev–Trinajstić information content (AvgIpc) is 3.06. The summed E-state index contributed by atoms with van der Waals surface area (Å²) in [5.74, 6) is 0.596. The van der Waals surface area contributed by atoms with E-state index < -0.39 is 0 Å². The third-order valence-electron chi connectivity index (χ3n) is 4.28. The van der Waals surface area contributed by atoms with Gasteiger partial charge in [0.15, 0.2) is 0 Å². The molecule has 1 aliphatic rings. The molecule has 1 aromatic heterocycles. The Hall–Kier alpha value is -1.56. The van der Waals surface area contributed by atoms with Gasteiger partial charge in [0, 0.05) is 24.6 Å². The molecule has 1 aromatic carbocycles. The van der Waals surface area contributed by atoms with Crippen molar-refractivity contribution in [3.05, 3.63) is 46.7 Å². The molecule has 2 aromatic rings. The SMILES string of the molecule is O=C(CN1CCC(Cn2cccn2)CC1)Nc1ccc(Cl)c(Cl)c1. The molecule has 2 heterocycles. The summed E-state index contributed by atoms with van der Waals surface area (Å²) in [7, 11) is 0. The fraction of sp³-hybridized carbons (Fsp3) is 0.412. The summed E-state index contributed by atoms with van der Waals surface area (Å²) < 4.78 is 1.98. The van der Waals surface area contributed by atoms with Gasteiger partial charge in [-0.25, -0.2) is 0 Å². The molecule has 0 aliphatic carbocycles. The number of nitrogens with zero attached hydrogens (tertiary/aromatic N) is 3. The number of aromatic nitrogens is 2. The molecule has 0 atom stereocenters. The van der Waals surface area contributed by atoms with E-state index in [0.717, 1.165) is 32.5 Å². The van der Waals surface area contributed by atoms with Gasteiger partial charge in [-0.15, -0.1) is 0 Å². The summed E-state index contributed by atoms with van der Waals surface area (Å²) in [6.45, 7) is 3.21. The van der Waals surface area contributed by atoms with Gasteiger partial charge in [-0.2, -0.15) is 5.10 Å². The molecule has 0 radical (unpaired) electrons. The van der Waals surface area contributed by atoms with Crippen LogP contribution in [0.15, 0.2) is 36.7 Å². The van der Waals surface area contributed by atoms with Gasteiger partial charge in [-0.3, -0.25) is 14.4 Å². The highest BCUT2D eigenvalue weighted by Gasteiger charge is 2.21. The maximum Gasteiger partial charge on any atom is 0.238 e. The van der Waals surface area contributed by atoms with Crippen molar-refractivity contribution in [2.75, 3.05) is 25.0 Å². The summed E-state index contributed by atoms with van der Waals surface area (Å²) in [6, 6.07) is 7.04. The fourth-order valence-corrected chi connectivity index (χ4v) is 3.28. The van der Waals surface area contributed by atoms with E-state index >= 15 is 0 Å². The predicted octanol–water partition coefficient (Wildman–Crippen LogP) is 3.54. The lowest BCUT2D eigenvalue weighted by molar-refractivity contribution is -0.117. The number of halogens is 2. The van der Waals surface area contributed by atoms with Crippen LogP contribution in [0.1, 0.15) is 12.8 Å². The summed E-state index contributed by atoms with van der Waals surface area (Å²) >= 11 is 11.8. The maximum atomic E-state index is 12.2. The lowest BCUT2D eigenvalue weighted by Crippen LogP contribution is -2.40. The fourth-order valence-electron chi connectivity index (χ4n) is 2.98. The van der Waals surface area contributed by atoms with Gasteiger partial charge >= 0.3 is 0 Å². The van der Waals surface area contributed by atoms with Crippen LogP contribution in [0.3, 0.4) is 0 Å². The highest BCUT2D eigenvalue weighted by atomic mass is 35.5. The van der Waals surface area contributed by atoms with Crippen molar-refractivity contribution in [2.24, 2.45) is 5.92 Å². The summed E-state index contributed by atoms with van der Waals surface area (Å²) in [5.41, 5.74) is 0.669. The number of benzene rings is 1. The van der Waals surface area contributed by atoms with Crippen LogP contribution in [0.25, 0.3) is 0 Å². The van der Waals surface area contributed by atoms with Gasteiger partial charge in [0.25, 0.3) is 0 Å². The van der Waals surface area contributed by atoms with E-state index in [9.17, 15) is 4.79 Å². The van der Waals surface area contributed by atoms with Gasteiger partial charge in [-0.1, -0.05) is 23.2 Å². The molecule has 7 heteroatoms. The Kier molecular flexibility index (Phi) is 5.76. The summed E-state index contributed by atoms with van der Waals surface area (Å²) in [6.07, 6.45) is 5.97. The Bertz CT molecular complexity index is 682. The largest absolute Gasteiger partial charge is 0.325 e. The number of hydrogen-bond acceptors (Lipinski definition) is 3. The van der Waals surface area contributed by atoms with E-state index in [-0.39, 0.29) is 5.91 Å². The molecule has 24 heavy (non-hydrogen) atoms. The molecule has 0 saturated carbocycles. The zero-order valence-electron chi connectivity index (χ0n) is 13.3. The van der Waals surface area contributed by atoms with Crippen molar-refractivity contribution in [2.45, 2.75) is 19.4 Å². The van der Waals surface area contributed by atoms with Crippen molar-refractivity contribution >= 4 is 34.8 Å². The van der Waals surface area contributed by atoms with E-state index in [1.165, 1.54) is 0 Å². The first-order valence-corrected chi connectivity index (χ1v) is 8.80. The average molecular weight is 367 g/mol. The first kappa shape index (κ1) is 17.3. The highest BCUT2D eigenvalue weighted by Crippen LogP contribution is 2.25. The standard InChI is InChI=1S/C17H20Cl2N4O/c18-15-3-2-14(10-16(15)19)21-17(24)12-22-8-4-13(5-9-22)11-23-7-1-6-20-23/h1-3,6-7,10,13H,4-5,8-9,11-12H2,(H,21,24). The first-order valence-electron chi connectivity index (χ1n) is 8.05. The van der Waals surface area contributed by atoms with Crippen LogP contribution in [0.2, 0.25) is 10.0 Å². The third-order valence-corrected chi connectivity index (χ3v) is 5.02. The predicted molar refractivity (Wildman–Crippen MR) is 96.5 cm³/mol. The summed E-state index contributed by atoms with van der Waals surface area (Å²) in [5, 5.41) is 8.04. The number of anilines is 1. The second-order valence-electron chi connectivity index (χ2n) is 6.12. The normalized spacial score (nSPS) is 16.2. The van der Waals surface area contributed by atoms with Gasteiger partial charge < -0.3 is 5.32 Å². The smallest absolute Gasteiger partial charge is 0.238 e. The Morgan fingerprint density at radius 2 is 2.04 bits per heavy atom. The van der Waals surface area contributed by atoms with E-state index in [2.05, 4.69) is 15.3 Å². The van der Waals surface area contributed by atoms with Crippen molar-refractivity contribution in [1.29, 1.82) is 0 Å². The van der Waals surface area contributed by atoms with Gasteiger partial charge in [0.1, 0.15) is 0 Å². The van der Waals surface area contributed by atoms with E-state index in [4.69, 9.17) is 23.2 Å². The van der Waals surface area contributed by atoms with Crippen LogP contribution in [-0.4, -0.2) is 40.2 Å². The quantitative estimate of drug-likeness (QED) is 0.880. The third kappa shape index (κ3) is 4.72. The Balaban J connectivity index is 1.43. The van der Waals surface area contributed by atoms with Crippen molar-refractivity contribution in [3.63, 3.8) is 0 Å². The van der Waals surface area contributed by atoms with E-state index in [1.807, 2.05) is 23.1 Å². The Morgan fingerprint density at radius 1 is 1.25 bits per heavy atom. The molecule has 5 nitrogen and oxygen atoms in total. The second-order valence-corrected chi connectivity index (χ2v) is 6.94. The molecule has 0 bridgehead atoms. The first-order chi connectivity index (χ1) is 11.6. The zero-order valence-corrected chi connectivity index (χ0v) is 14.8. The molecule has 1 aliphatic heterocycles. The molecular weight excluding hydrogens is 347 g/mol. The minimum atomic E-state index is -0.0288. The molecule has 1 amide bonds. The minimum absolute atomic E-state index is 0.0288. The summed E-state index contributed by atoms with van der Waals surface area (Å²) in [4.78, 5) is 14.4. The van der Waals surface area contributed by atoms with Crippen LogP contribution in [0.4, 0.5) is 5.69 Å². The molecule has 0 unspecified atom stereocenters. The highest BCUT2D eigenvalue weighted by molar-refractivity contribution is 6.42. The molecule has 128 valence electrons. The van der Waals surface area contributed by atoms with Gasteiger partial charge in [0.2, 0.25) is 5.91 Å². The minimum Gasteiger partial charge on any atom is -0.325 e. The van der Waals surface area contributed by atoms with Crippen molar-refractivity contribution in [3.8, 4) is 0 Å². The zero-order chi connectivity index (χ0) is 16.9. The maximum absolute atomic E-state index is 12.2. The van der Waals surface area contributed by atoms with Gasteiger partial charge in [-0.05, 0) is 56.1 Å². The number of piperidine rings is 1. The molecule has 1 N–H and O–H groups in total. The number of amides is 1. The number of hydrogen-bond donors (Lipinski definition) is 1. The van der Waals surface area contributed by atoms with Crippen LogP contribution >= 0.6 is 23.2 Å². The molecule has 1 fully saturated rings. The number of likely N-dealkylation sites (tertiary alicyclic amines) is 1. The van der Waals surface area contributed by atoms with Crippen molar-refractivity contribution < 1.29 is 4.79 Å². The monoisotopic (exact) mass is 366 g/mol. The molecule has 1 saturated heterocycles. The van der Waals surface area contributed by atoms with Gasteiger partial charge in [0.05, 0.1) is 16.6 Å². The number of nitrogens with one attached hydrogen (secondary N) is 1. The lowest BCUT2D eigenvalue weighted by Gasteiger charge is -2.31. The second kappa shape index (κ2) is 8.01. The Morgan fingerprint density at radius 3 is 2.71 bits per heavy atom. The van der Waals surface area contributed by atoms with E-state index in [0.29, 0.717) is 28.2 Å². The topological polar surface area (TPSA) is 50.2 Å². The number of carbonyl (C=O) groups is 1. The number of rotatable bonds is 5. The van der Waals surface area contributed by atoms with Crippen molar-refractivity contribution in [1.82, 2.24) is 14.7 Å². The van der Waals surface area contributed by atoms with Crippen LogP contribution in [-0.2, 0) is 11.3 Å². The lowest BCUT2D eigenvalue weighted by atomic mass is 9.97. The van der Waals surface area contributed by atoms with Crippen LogP contribution in [0.5, 0.6) is 0 Å². The molecular formula is C17H20Cl2N4O. The number of carbonyl (C=O) groups excluding carboxylic acids is 1. The van der Waals surface area contributed by atoms with E-state index in [1.54, 1.807) is 18.2 Å².